The molecule has 0 heterocycles. The second-order valence-corrected chi connectivity index (χ2v) is 4.23. The fourth-order valence-corrected chi connectivity index (χ4v) is 1.66. The maximum absolute atomic E-state index is 12.1. The quantitative estimate of drug-likeness (QED) is 0.358. The summed E-state index contributed by atoms with van der Waals surface area (Å²) in [6.45, 7) is 2.31. The zero-order valence-electron chi connectivity index (χ0n) is 10.7. The Hall–Kier alpha value is -2.04. The van der Waals surface area contributed by atoms with E-state index in [1.807, 2.05) is 37.3 Å². The molecule has 0 aliphatic heterocycles. The van der Waals surface area contributed by atoms with Crippen LogP contribution in [0.5, 0.6) is 0 Å². The van der Waals surface area contributed by atoms with Crippen molar-refractivity contribution in [3.63, 3.8) is 0 Å². The van der Waals surface area contributed by atoms with Gasteiger partial charge in [0.05, 0.1) is 5.92 Å². The number of oxime groups is 1. The summed E-state index contributed by atoms with van der Waals surface area (Å²) in [5, 5.41) is 11.3. The second-order valence-electron chi connectivity index (χ2n) is 4.23. The van der Waals surface area contributed by atoms with E-state index in [1.165, 1.54) is 0 Å². The van der Waals surface area contributed by atoms with Crippen molar-refractivity contribution in [1.82, 2.24) is 4.90 Å². The predicted octanol–water partition coefficient (Wildman–Crippen LogP) is 1.38. The van der Waals surface area contributed by atoms with Crippen molar-refractivity contribution in [2.75, 3.05) is 13.6 Å². The number of rotatable bonds is 5. The molecule has 1 amide bonds. The van der Waals surface area contributed by atoms with Crippen LogP contribution < -0.4 is 5.73 Å². The molecular weight excluding hydrogens is 230 g/mol. The van der Waals surface area contributed by atoms with Crippen molar-refractivity contribution in [2.45, 2.75) is 19.3 Å². The Bertz CT molecular complexity index is 418. The van der Waals surface area contributed by atoms with Crippen molar-refractivity contribution in [3.05, 3.63) is 35.9 Å². The summed E-state index contributed by atoms with van der Waals surface area (Å²) in [7, 11) is 1.71. The second kappa shape index (κ2) is 6.64. The zero-order chi connectivity index (χ0) is 13.5. The minimum absolute atomic E-state index is 0.0203. The largest absolute Gasteiger partial charge is 0.409 e. The Morgan fingerprint density at radius 2 is 2.06 bits per heavy atom. The van der Waals surface area contributed by atoms with E-state index in [0.717, 1.165) is 5.56 Å². The molecule has 0 spiro atoms. The molecule has 3 N–H and O–H groups in total. The summed E-state index contributed by atoms with van der Waals surface area (Å²) in [4.78, 5) is 13.7. The highest BCUT2D eigenvalue weighted by molar-refractivity contribution is 5.84. The molecule has 0 saturated carbocycles. The lowest BCUT2D eigenvalue weighted by molar-refractivity contribution is -0.131. The smallest absolute Gasteiger partial charge is 0.229 e. The molecule has 0 radical (unpaired) electrons. The first-order chi connectivity index (χ1) is 8.56. The van der Waals surface area contributed by atoms with Gasteiger partial charge in [-0.25, -0.2) is 0 Å². The van der Waals surface area contributed by atoms with Crippen molar-refractivity contribution >= 4 is 11.7 Å². The van der Waals surface area contributed by atoms with Gasteiger partial charge in [0.15, 0.2) is 0 Å². The van der Waals surface area contributed by atoms with Gasteiger partial charge in [-0.3, -0.25) is 4.79 Å². The number of hydrogen-bond donors (Lipinski definition) is 2. The number of amides is 1. The SMILES string of the molecule is CC(C(=O)N(C)CC/C(N)=N/O)c1ccccc1. The van der Waals surface area contributed by atoms with E-state index in [2.05, 4.69) is 5.16 Å². The molecule has 0 aliphatic carbocycles. The van der Waals surface area contributed by atoms with Gasteiger partial charge in [-0.05, 0) is 12.5 Å². The topological polar surface area (TPSA) is 78.9 Å². The molecule has 1 aromatic rings. The molecule has 1 atom stereocenters. The molecule has 0 fully saturated rings. The third kappa shape index (κ3) is 3.76. The average molecular weight is 249 g/mol. The van der Waals surface area contributed by atoms with E-state index in [1.54, 1.807) is 11.9 Å². The monoisotopic (exact) mass is 249 g/mol. The number of benzene rings is 1. The van der Waals surface area contributed by atoms with E-state index in [-0.39, 0.29) is 17.7 Å². The minimum atomic E-state index is -0.191. The number of amidine groups is 1. The minimum Gasteiger partial charge on any atom is -0.409 e. The van der Waals surface area contributed by atoms with Crippen LogP contribution in [0.1, 0.15) is 24.8 Å². The van der Waals surface area contributed by atoms with Crippen molar-refractivity contribution in [2.24, 2.45) is 10.9 Å². The normalized spacial score (nSPS) is 13.1. The molecule has 0 bridgehead atoms. The van der Waals surface area contributed by atoms with Crippen LogP contribution in [0, 0.1) is 0 Å². The molecular formula is C13H19N3O2. The molecule has 5 nitrogen and oxygen atoms in total. The first-order valence-corrected chi connectivity index (χ1v) is 5.82. The summed E-state index contributed by atoms with van der Waals surface area (Å²) < 4.78 is 0. The Morgan fingerprint density at radius 1 is 1.44 bits per heavy atom. The standard InChI is InChI=1S/C13H19N3O2/c1-10(11-6-4-3-5-7-11)13(17)16(2)9-8-12(14)15-18/h3-7,10,18H,8-9H2,1-2H3,(H2,14,15). The average Bonchev–Trinajstić information content (AvgIpc) is 2.43. The highest BCUT2D eigenvalue weighted by Gasteiger charge is 2.18. The molecule has 0 saturated heterocycles. The Morgan fingerprint density at radius 3 is 2.61 bits per heavy atom. The molecule has 5 heteroatoms. The van der Waals surface area contributed by atoms with Gasteiger partial charge in [-0.1, -0.05) is 35.5 Å². The van der Waals surface area contributed by atoms with Gasteiger partial charge in [0, 0.05) is 20.0 Å². The zero-order valence-corrected chi connectivity index (χ0v) is 10.7. The van der Waals surface area contributed by atoms with Gasteiger partial charge in [0.2, 0.25) is 5.91 Å². The molecule has 0 aromatic heterocycles. The van der Waals surface area contributed by atoms with Gasteiger partial charge < -0.3 is 15.8 Å². The number of nitrogens with zero attached hydrogens (tertiary/aromatic N) is 2. The first kappa shape index (κ1) is 14.0. The number of carbonyl (C=O) groups excluding carboxylic acids is 1. The van der Waals surface area contributed by atoms with Crippen molar-refractivity contribution in [3.8, 4) is 0 Å². The maximum atomic E-state index is 12.1. The molecule has 1 rings (SSSR count). The van der Waals surface area contributed by atoms with Crippen LogP contribution >= 0.6 is 0 Å². The number of likely N-dealkylation sites (N-methyl/N-ethyl adjacent to an activating group) is 1. The number of hydrogen-bond acceptors (Lipinski definition) is 3. The molecule has 1 unspecified atom stereocenters. The highest BCUT2D eigenvalue weighted by atomic mass is 16.4. The first-order valence-electron chi connectivity index (χ1n) is 5.82. The fraction of sp³-hybridized carbons (Fsp3) is 0.385. The van der Waals surface area contributed by atoms with E-state index in [4.69, 9.17) is 10.9 Å². The van der Waals surface area contributed by atoms with Gasteiger partial charge in [0.1, 0.15) is 5.84 Å². The van der Waals surface area contributed by atoms with Gasteiger partial charge >= 0.3 is 0 Å². The summed E-state index contributed by atoms with van der Waals surface area (Å²) >= 11 is 0. The number of carbonyl (C=O) groups is 1. The Kier molecular flexibility index (Phi) is 5.17. The van der Waals surface area contributed by atoms with Crippen molar-refractivity contribution < 1.29 is 10.0 Å². The lowest BCUT2D eigenvalue weighted by atomic mass is 10.00. The maximum Gasteiger partial charge on any atom is 0.229 e. The predicted molar refractivity (Wildman–Crippen MR) is 70.5 cm³/mol. The summed E-state index contributed by atoms with van der Waals surface area (Å²) in [5.74, 6) is -0.0440. The van der Waals surface area contributed by atoms with Gasteiger partial charge in [-0.15, -0.1) is 0 Å². The summed E-state index contributed by atoms with van der Waals surface area (Å²) in [6.07, 6.45) is 0.361. The van der Waals surface area contributed by atoms with Crippen LogP contribution in [-0.2, 0) is 4.79 Å². The van der Waals surface area contributed by atoms with Crippen LogP contribution in [-0.4, -0.2) is 35.4 Å². The van der Waals surface area contributed by atoms with E-state index in [0.29, 0.717) is 13.0 Å². The fourth-order valence-electron chi connectivity index (χ4n) is 1.66. The van der Waals surface area contributed by atoms with Crippen LogP contribution in [0.2, 0.25) is 0 Å². The van der Waals surface area contributed by atoms with E-state index in [9.17, 15) is 4.79 Å². The highest BCUT2D eigenvalue weighted by Crippen LogP contribution is 2.16. The molecule has 1 aromatic carbocycles. The summed E-state index contributed by atoms with van der Waals surface area (Å²) in [6, 6.07) is 9.60. The van der Waals surface area contributed by atoms with Crippen LogP contribution in [0.4, 0.5) is 0 Å². The third-order valence-corrected chi connectivity index (χ3v) is 2.88. The van der Waals surface area contributed by atoms with Gasteiger partial charge in [0.25, 0.3) is 0 Å². The molecule has 18 heavy (non-hydrogen) atoms. The Balaban J connectivity index is 2.59. The van der Waals surface area contributed by atoms with Gasteiger partial charge in [-0.2, -0.15) is 0 Å². The molecule has 98 valence electrons. The van der Waals surface area contributed by atoms with E-state index < -0.39 is 0 Å². The lowest BCUT2D eigenvalue weighted by Gasteiger charge is -2.21. The Labute approximate surface area is 107 Å². The third-order valence-electron chi connectivity index (χ3n) is 2.88. The van der Waals surface area contributed by atoms with Crippen molar-refractivity contribution in [1.29, 1.82) is 0 Å². The molecule has 0 aliphatic rings. The number of nitrogens with two attached hydrogens (primary N) is 1. The summed E-state index contributed by atoms with van der Waals surface area (Å²) in [5.41, 5.74) is 6.36. The van der Waals surface area contributed by atoms with Crippen LogP contribution in [0.15, 0.2) is 35.5 Å². The lowest BCUT2D eigenvalue weighted by Crippen LogP contribution is -2.33. The van der Waals surface area contributed by atoms with Crippen LogP contribution in [0.25, 0.3) is 0 Å². The van der Waals surface area contributed by atoms with Crippen LogP contribution in [0.3, 0.4) is 0 Å². The van der Waals surface area contributed by atoms with E-state index >= 15 is 0 Å².